The van der Waals surface area contributed by atoms with Crippen molar-refractivity contribution in [2.75, 3.05) is 6.61 Å². The summed E-state index contributed by atoms with van der Waals surface area (Å²) >= 11 is 0. The Kier molecular flexibility index (Phi) is 4.19. The number of hydrogen-bond acceptors (Lipinski definition) is 4. The lowest BCUT2D eigenvalue weighted by Crippen LogP contribution is -2.51. The van der Waals surface area contributed by atoms with Gasteiger partial charge in [-0.2, -0.15) is 0 Å². The number of para-hydroxylation sites is 2. The molecule has 0 radical (unpaired) electrons. The third kappa shape index (κ3) is 2.85. The van der Waals surface area contributed by atoms with Crippen LogP contribution in [0.25, 0.3) is 0 Å². The van der Waals surface area contributed by atoms with Gasteiger partial charge >= 0.3 is 0 Å². The lowest BCUT2D eigenvalue weighted by Gasteiger charge is -2.32. The van der Waals surface area contributed by atoms with E-state index in [-0.39, 0.29) is 12.4 Å². The van der Waals surface area contributed by atoms with Crippen LogP contribution in [0.4, 0.5) is 0 Å². The molecule has 1 aliphatic rings. The van der Waals surface area contributed by atoms with Crippen LogP contribution in [0.5, 0.6) is 11.5 Å². The first-order chi connectivity index (χ1) is 12.7. The van der Waals surface area contributed by atoms with Gasteiger partial charge in [0.25, 0.3) is 0 Å². The van der Waals surface area contributed by atoms with Crippen molar-refractivity contribution in [2.24, 2.45) is 0 Å². The van der Waals surface area contributed by atoms with E-state index < -0.39 is 11.7 Å². The molecular weight excluding hydrogens is 328 g/mol. The fourth-order valence-corrected chi connectivity index (χ4v) is 3.14. The number of carbonyl (C=O) groups excluding carboxylic acids is 1. The third-order valence-corrected chi connectivity index (χ3v) is 4.55. The molecule has 0 saturated carbocycles. The molecule has 1 heterocycles. The highest BCUT2D eigenvalue weighted by Crippen LogP contribution is 2.38. The van der Waals surface area contributed by atoms with Crippen molar-refractivity contribution >= 4 is 5.78 Å². The van der Waals surface area contributed by atoms with Crippen LogP contribution in [0.2, 0.25) is 0 Å². The van der Waals surface area contributed by atoms with Crippen LogP contribution >= 0.6 is 0 Å². The summed E-state index contributed by atoms with van der Waals surface area (Å²) in [5.41, 5.74) is -0.568. The normalized spacial score (nSPS) is 21.7. The Morgan fingerprint density at radius 3 is 2.12 bits per heavy atom. The maximum atomic E-state index is 13.2. The number of hydrogen-bond donors (Lipinski definition) is 1. The zero-order chi connectivity index (χ0) is 18.0. The summed E-state index contributed by atoms with van der Waals surface area (Å²) in [6, 6.07) is 25.0. The molecule has 4 nitrogen and oxygen atoms in total. The summed E-state index contributed by atoms with van der Waals surface area (Å²) in [4.78, 5) is 13.2. The number of rotatable bonds is 3. The Hall–Kier alpha value is -3.11. The standard InChI is InChI=1S/C22H18O4/c23-20(16-9-3-1-4-10-16)21-22(24,17-11-5-2-6-12-17)15-25-18-13-7-8-14-19(18)26-21/h1-14,21,24H,15H2/t21-,22-/m1/s1. The highest BCUT2D eigenvalue weighted by Gasteiger charge is 2.48. The average molecular weight is 346 g/mol. The van der Waals surface area contributed by atoms with Gasteiger partial charge in [-0.1, -0.05) is 72.8 Å². The van der Waals surface area contributed by atoms with E-state index in [2.05, 4.69) is 0 Å². The van der Waals surface area contributed by atoms with Crippen LogP contribution in [0, 0.1) is 0 Å². The topological polar surface area (TPSA) is 55.8 Å². The predicted molar refractivity (Wildman–Crippen MR) is 97.5 cm³/mol. The fourth-order valence-electron chi connectivity index (χ4n) is 3.14. The summed E-state index contributed by atoms with van der Waals surface area (Å²) in [6.45, 7) is -0.0860. The van der Waals surface area contributed by atoms with Gasteiger partial charge in [0.15, 0.2) is 23.2 Å². The van der Waals surface area contributed by atoms with Gasteiger partial charge in [0.1, 0.15) is 6.61 Å². The molecule has 1 N–H and O–H groups in total. The van der Waals surface area contributed by atoms with Gasteiger partial charge in [-0.05, 0) is 17.7 Å². The van der Waals surface area contributed by atoms with Crippen molar-refractivity contribution in [3.05, 3.63) is 96.1 Å². The van der Waals surface area contributed by atoms with Gasteiger partial charge in [-0.25, -0.2) is 0 Å². The number of ketones is 1. The van der Waals surface area contributed by atoms with E-state index in [1.165, 1.54) is 0 Å². The van der Waals surface area contributed by atoms with E-state index in [1.54, 1.807) is 54.6 Å². The lowest BCUT2D eigenvalue weighted by atomic mass is 9.84. The number of aliphatic hydroxyl groups is 1. The summed E-state index contributed by atoms with van der Waals surface area (Å²) < 4.78 is 11.8. The van der Waals surface area contributed by atoms with Crippen molar-refractivity contribution in [1.29, 1.82) is 0 Å². The second kappa shape index (κ2) is 6.65. The van der Waals surface area contributed by atoms with Gasteiger partial charge < -0.3 is 14.6 Å². The minimum absolute atomic E-state index is 0.0860. The van der Waals surface area contributed by atoms with Gasteiger partial charge in [0, 0.05) is 5.56 Å². The van der Waals surface area contributed by atoms with Crippen molar-refractivity contribution in [3.8, 4) is 11.5 Å². The maximum Gasteiger partial charge on any atom is 0.206 e. The van der Waals surface area contributed by atoms with Crippen LogP contribution in [0.1, 0.15) is 15.9 Å². The SMILES string of the molecule is O=C(c1ccccc1)[C@H]1Oc2ccccc2OC[C@@]1(O)c1ccccc1. The lowest BCUT2D eigenvalue weighted by molar-refractivity contribution is -0.0678. The number of carbonyl (C=O) groups is 1. The van der Waals surface area contributed by atoms with Crippen molar-refractivity contribution < 1.29 is 19.4 Å². The highest BCUT2D eigenvalue weighted by molar-refractivity contribution is 6.00. The Morgan fingerprint density at radius 2 is 1.42 bits per heavy atom. The van der Waals surface area contributed by atoms with Crippen molar-refractivity contribution in [3.63, 3.8) is 0 Å². The largest absolute Gasteiger partial charge is 0.486 e. The molecule has 0 aliphatic carbocycles. The first kappa shape index (κ1) is 16.4. The maximum absolute atomic E-state index is 13.2. The zero-order valence-electron chi connectivity index (χ0n) is 14.0. The fraction of sp³-hybridized carbons (Fsp3) is 0.136. The molecule has 4 heteroatoms. The predicted octanol–water partition coefficient (Wildman–Crippen LogP) is 3.60. The number of ether oxygens (including phenoxy) is 2. The first-order valence-electron chi connectivity index (χ1n) is 8.44. The quantitative estimate of drug-likeness (QED) is 0.736. The number of benzene rings is 3. The Labute approximate surface area is 151 Å². The van der Waals surface area contributed by atoms with Crippen molar-refractivity contribution in [2.45, 2.75) is 11.7 Å². The second-order valence-corrected chi connectivity index (χ2v) is 6.25. The molecule has 1 aliphatic heterocycles. The molecule has 0 unspecified atom stereocenters. The molecular formula is C22H18O4. The smallest absolute Gasteiger partial charge is 0.206 e. The van der Waals surface area contributed by atoms with Crippen molar-refractivity contribution in [1.82, 2.24) is 0 Å². The minimum atomic E-state index is -1.62. The van der Waals surface area contributed by atoms with E-state index in [9.17, 15) is 9.90 Å². The molecule has 4 rings (SSSR count). The number of fused-ring (bicyclic) bond motifs is 1. The average Bonchev–Trinajstić information content (AvgIpc) is 2.86. The highest BCUT2D eigenvalue weighted by atomic mass is 16.6. The van der Waals surface area contributed by atoms with Crippen LogP contribution < -0.4 is 9.47 Å². The van der Waals surface area contributed by atoms with Gasteiger partial charge in [0.2, 0.25) is 5.78 Å². The van der Waals surface area contributed by atoms with E-state index >= 15 is 0 Å². The van der Waals surface area contributed by atoms with Gasteiger partial charge in [0.05, 0.1) is 0 Å². The monoisotopic (exact) mass is 346 g/mol. The molecule has 2 atom stereocenters. The number of Topliss-reactive ketones (excluding diaryl/α,β-unsaturated/α-hetero) is 1. The molecule has 3 aromatic rings. The first-order valence-corrected chi connectivity index (χ1v) is 8.44. The summed E-state index contributed by atoms with van der Waals surface area (Å²) in [6.07, 6.45) is -1.13. The van der Waals surface area contributed by atoms with Crippen LogP contribution in [0.3, 0.4) is 0 Å². The molecule has 130 valence electrons. The molecule has 0 amide bonds. The van der Waals surface area contributed by atoms with E-state index in [4.69, 9.17) is 9.47 Å². The minimum Gasteiger partial charge on any atom is -0.486 e. The van der Waals surface area contributed by atoms with Crippen LogP contribution in [-0.2, 0) is 5.60 Å². The second-order valence-electron chi connectivity index (χ2n) is 6.25. The molecule has 0 fully saturated rings. The van der Waals surface area contributed by atoms with Gasteiger partial charge in [-0.3, -0.25) is 4.79 Å². The molecule has 26 heavy (non-hydrogen) atoms. The van der Waals surface area contributed by atoms with Gasteiger partial charge in [-0.15, -0.1) is 0 Å². The van der Waals surface area contributed by atoms with E-state index in [0.717, 1.165) is 0 Å². The summed E-state index contributed by atoms with van der Waals surface area (Å²) in [5, 5.41) is 11.5. The third-order valence-electron chi connectivity index (χ3n) is 4.55. The Morgan fingerprint density at radius 1 is 0.846 bits per heavy atom. The molecule has 3 aromatic carbocycles. The Balaban J connectivity index is 1.82. The van der Waals surface area contributed by atoms with E-state index in [1.807, 2.05) is 30.3 Å². The molecule has 0 saturated heterocycles. The van der Waals surface area contributed by atoms with Crippen LogP contribution in [0.15, 0.2) is 84.9 Å². The molecule has 0 bridgehead atoms. The molecule has 0 aromatic heterocycles. The summed E-state index contributed by atoms with van der Waals surface area (Å²) in [5.74, 6) is 0.649. The Bertz CT molecular complexity index is 908. The summed E-state index contributed by atoms with van der Waals surface area (Å²) in [7, 11) is 0. The zero-order valence-corrected chi connectivity index (χ0v) is 14.0. The molecule has 0 spiro atoms. The van der Waals surface area contributed by atoms with Crippen LogP contribution in [-0.4, -0.2) is 23.6 Å². The van der Waals surface area contributed by atoms with E-state index in [0.29, 0.717) is 22.6 Å².